The number of hydrogen-bond acceptors (Lipinski definition) is 8. The van der Waals surface area contributed by atoms with Crippen LogP contribution >= 0.6 is 0 Å². The number of nitrogens with two attached hydrogens (primary N) is 1. The van der Waals surface area contributed by atoms with Gasteiger partial charge >= 0.3 is 23.9 Å². The van der Waals surface area contributed by atoms with Crippen LogP contribution in [0.4, 0.5) is 28.6 Å². The van der Waals surface area contributed by atoms with Crippen LogP contribution in [0, 0.1) is 13.8 Å². The second kappa shape index (κ2) is 10.5. The third-order valence-corrected chi connectivity index (χ3v) is 6.00. The highest BCUT2D eigenvalue weighted by molar-refractivity contribution is 5.97. The number of nitrogen functional groups attached to an aromatic ring is 1. The molecule has 0 spiro atoms. The van der Waals surface area contributed by atoms with Crippen molar-refractivity contribution in [3.8, 4) is 5.69 Å². The van der Waals surface area contributed by atoms with E-state index in [4.69, 9.17) is 5.73 Å². The number of carbonyl (C=O) groups is 4. The number of aryl methyl sites for hydroxylation is 1. The number of nitrogens with one attached hydrogen (secondary N) is 2. The second-order valence-corrected chi connectivity index (χ2v) is 8.84. The maximum Gasteiger partial charge on any atom is 0.335 e. The molecule has 0 radical (unpaired) electrons. The molecule has 13 nitrogen and oxygen atoms in total. The maximum absolute atomic E-state index is 11.6. The largest absolute Gasteiger partial charge is 0.478 e. The Morgan fingerprint density at radius 1 is 0.625 bits per heavy atom. The lowest BCUT2D eigenvalue weighted by Gasteiger charge is -2.15. The summed E-state index contributed by atoms with van der Waals surface area (Å²) in [6, 6.07) is 12.0. The molecular formula is C27H23N5O8. The number of aromatic carboxylic acids is 4. The fraction of sp³-hybridized carbons (Fsp3) is 0.0741. The van der Waals surface area contributed by atoms with Crippen molar-refractivity contribution in [2.24, 2.45) is 0 Å². The van der Waals surface area contributed by atoms with E-state index < -0.39 is 23.9 Å². The highest BCUT2D eigenvalue weighted by Gasteiger charge is 2.16. The van der Waals surface area contributed by atoms with Gasteiger partial charge in [-0.25, -0.2) is 23.9 Å². The van der Waals surface area contributed by atoms with Gasteiger partial charge in [0.25, 0.3) is 0 Å². The normalized spacial score (nSPS) is 10.7. The van der Waals surface area contributed by atoms with E-state index in [9.17, 15) is 39.6 Å². The summed E-state index contributed by atoms with van der Waals surface area (Å²) in [5, 5.41) is 48.1. The van der Waals surface area contributed by atoms with Crippen molar-refractivity contribution in [1.82, 2.24) is 9.78 Å². The van der Waals surface area contributed by atoms with Crippen LogP contribution in [0.2, 0.25) is 0 Å². The van der Waals surface area contributed by atoms with Gasteiger partial charge in [-0.05, 0) is 68.4 Å². The fourth-order valence-electron chi connectivity index (χ4n) is 3.92. The average molecular weight is 546 g/mol. The first kappa shape index (κ1) is 27.2. The SMILES string of the molecule is Cc1nn(-c2cc(Nc3cc(C(=O)O)cc(C(=O)O)c3)cc(Nc3cc(C(=O)O)cc(C(=O)O)c3)c2)c(N)c1C. The Labute approximate surface area is 226 Å². The van der Waals surface area contributed by atoms with Gasteiger partial charge in [-0.1, -0.05) is 0 Å². The lowest BCUT2D eigenvalue weighted by atomic mass is 10.1. The van der Waals surface area contributed by atoms with Crippen molar-refractivity contribution >= 4 is 52.4 Å². The topological polar surface area (TPSA) is 217 Å². The second-order valence-electron chi connectivity index (χ2n) is 8.84. The van der Waals surface area contributed by atoms with Crippen molar-refractivity contribution in [3.63, 3.8) is 0 Å². The first-order valence-electron chi connectivity index (χ1n) is 11.6. The van der Waals surface area contributed by atoms with Crippen LogP contribution in [0.3, 0.4) is 0 Å². The standard InChI is InChI=1S/C27H23N5O8/c1-12-13(2)31-32(23(12)28)22-10-20(29-18-5-14(24(33)34)3-15(6-18)25(35)36)9-21(11-22)30-19-7-16(26(37)38)4-17(8-19)27(39)40/h3-11,29-30H,28H2,1-2H3,(H,33,34)(H,35,36)(H,37,38)(H,39,40). The summed E-state index contributed by atoms with van der Waals surface area (Å²) in [6.45, 7) is 3.57. The van der Waals surface area contributed by atoms with E-state index in [1.807, 2.05) is 0 Å². The zero-order chi connectivity index (χ0) is 29.3. The van der Waals surface area contributed by atoms with Crippen LogP contribution in [0.15, 0.2) is 54.6 Å². The summed E-state index contributed by atoms with van der Waals surface area (Å²) in [5.74, 6) is -4.91. The van der Waals surface area contributed by atoms with E-state index in [0.29, 0.717) is 28.6 Å². The zero-order valence-electron chi connectivity index (χ0n) is 21.1. The van der Waals surface area contributed by atoms with Crippen LogP contribution < -0.4 is 16.4 Å². The first-order chi connectivity index (χ1) is 18.8. The molecule has 1 heterocycles. The van der Waals surface area contributed by atoms with Gasteiger partial charge in [-0.2, -0.15) is 5.10 Å². The first-order valence-corrected chi connectivity index (χ1v) is 11.6. The molecule has 40 heavy (non-hydrogen) atoms. The third-order valence-electron chi connectivity index (χ3n) is 6.00. The van der Waals surface area contributed by atoms with Crippen molar-refractivity contribution in [3.05, 3.63) is 88.1 Å². The minimum absolute atomic E-state index is 0.169. The predicted octanol–water partition coefficient (Wildman–Crippen LogP) is 4.35. The van der Waals surface area contributed by atoms with Gasteiger partial charge in [0.2, 0.25) is 0 Å². The number of benzene rings is 3. The Morgan fingerprint density at radius 2 is 0.975 bits per heavy atom. The molecule has 4 aromatic rings. The van der Waals surface area contributed by atoms with E-state index in [2.05, 4.69) is 15.7 Å². The van der Waals surface area contributed by atoms with Crippen LogP contribution in [0.5, 0.6) is 0 Å². The molecule has 204 valence electrons. The van der Waals surface area contributed by atoms with Gasteiger partial charge in [0.05, 0.1) is 33.6 Å². The summed E-state index contributed by atoms with van der Waals surface area (Å²) in [7, 11) is 0. The van der Waals surface area contributed by atoms with Crippen LogP contribution in [-0.2, 0) is 0 Å². The van der Waals surface area contributed by atoms with Crippen molar-refractivity contribution in [2.75, 3.05) is 16.4 Å². The number of anilines is 5. The van der Waals surface area contributed by atoms with Crippen LogP contribution in [-0.4, -0.2) is 54.1 Å². The van der Waals surface area contributed by atoms with Gasteiger partial charge in [0.15, 0.2) is 0 Å². The third kappa shape index (κ3) is 5.67. The monoisotopic (exact) mass is 545 g/mol. The van der Waals surface area contributed by atoms with E-state index >= 15 is 0 Å². The van der Waals surface area contributed by atoms with Gasteiger partial charge in [-0.15, -0.1) is 0 Å². The van der Waals surface area contributed by atoms with Gasteiger partial charge in [0, 0.05) is 28.3 Å². The lowest BCUT2D eigenvalue weighted by Crippen LogP contribution is -2.07. The molecule has 0 unspecified atom stereocenters. The molecule has 1 aromatic heterocycles. The number of hydrogen-bond donors (Lipinski definition) is 7. The summed E-state index contributed by atoms with van der Waals surface area (Å²) in [6.07, 6.45) is 0. The van der Waals surface area contributed by atoms with Gasteiger partial charge < -0.3 is 36.8 Å². The Kier molecular flexibility index (Phi) is 7.13. The molecule has 0 aliphatic carbocycles. The molecule has 4 rings (SSSR count). The van der Waals surface area contributed by atoms with E-state index in [1.54, 1.807) is 32.0 Å². The quantitative estimate of drug-likeness (QED) is 0.156. The van der Waals surface area contributed by atoms with Crippen LogP contribution in [0.1, 0.15) is 52.7 Å². The van der Waals surface area contributed by atoms with E-state index in [1.165, 1.54) is 28.9 Å². The Morgan fingerprint density at radius 3 is 1.27 bits per heavy atom. The van der Waals surface area contributed by atoms with Crippen LogP contribution in [0.25, 0.3) is 5.69 Å². The summed E-state index contributed by atoms with van der Waals surface area (Å²) >= 11 is 0. The van der Waals surface area contributed by atoms with Gasteiger partial charge in [-0.3, -0.25) is 0 Å². The molecule has 0 bridgehead atoms. The minimum atomic E-state index is -1.31. The molecule has 0 aliphatic rings. The number of rotatable bonds is 9. The molecule has 8 N–H and O–H groups in total. The lowest BCUT2D eigenvalue weighted by molar-refractivity contribution is 0.0676. The van der Waals surface area contributed by atoms with Crippen molar-refractivity contribution in [2.45, 2.75) is 13.8 Å². The zero-order valence-corrected chi connectivity index (χ0v) is 21.1. The Bertz CT molecular complexity index is 1550. The number of carboxylic acid groups (broad SMARTS) is 4. The number of carboxylic acids is 4. The minimum Gasteiger partial charge on any atom is -0.478 e. The molecule has 0 aliphatic heterocycles. The van der Waals surface area contributed by atoms with E-state index in [-0.39, 0.29) is 33.6 Å². The Balaban J connectivity index is 1.85. The number of aromatic nitrogens is 2. The highest BCUT2D eigenvalue weighted by Crippen LogP contribution is 2.30. The molecule has 3 aromatic carbocycles. The molecule has 0 atom stereocenters. The highest BCUT2D eigenvalue weighted by atomic mass is 16.4. The molecule has 0 amide bonds. The molecule has 0 saturated carbocycles. The smallest absolute Gasteiger partial charge is 0.335 e. The average Bonchev–Trinajstić information content (AvgIpc) is 3.15. The van der Waals surface area contributed by atoms with E-state index in [0.717, 1.165) is 17.7 Å². The summed E-state index contributed by atoms with van der Waals surface area (Å²) in [5.41, 5.74) is 8.19. The molecular weight excluding hydrogens is 522 g/mol. The molecule has 0 fully saturated rings. The Hall–Kier alpha value is -5.85. The summed E-state index contributed by atoms with van der Waals surface area (Å²) in [4.78, 5) is 46.2. The van der Waals surface area contributed by atoms with Crippen molar-refractivity contribution < 1.29 is 39.6 Å². The fourth-order valence-corrected chi connectivity index (χ4v) is 3.92. The van der Waals surface area contributed by atoms with Gasteiger partial charge in [0.1, 0.15) is 5.82 Å². The molecule has 13 heteroatoms. The summed E-state index contributed by atoms with van der Waals surface area (Å²) < 4.78 is 1.47. The van der Waals surface area contributed by atoms with Crippen molar-refractivity contribution in [1.29, 1.82) is 0 Å². The molecule has 0 saturated heterocycles. The number of nitrogens with zero attached hydrogens (tertiary/aromatic N) is 2. The predicted molar refractivity (Wildman–Crippen MR) is 145 cm³/mol. The maximum atomic E-state index is 11.6.